The lowest BCUT2D eigenvalue weighted by molar-refractivity contribution is 0.0697. The lowest BCUT2D eigenvalue weighted by Crippen LogP contribution is -2.25. The monoisotopic (exact) mass is 390 g/mol. The number of imidazole rings is 1. The van der Waals surface area contributed by atoms with Gasteiger partial charge in [0.2, 0.25) is 0 Å². The molecule has 1 heterocycles. The van der Waals surface area contributed by atoms with Crippen LogP contribution in [0.3, 0.4) is 0 Å². The maximum atomic E-state index is 12.8. The summed E-state index contributed by atoms with van der Waals surface area (Å²) in [6.45, 7) is 5.23. The Morgan fingerprint density at radius 2 is 1.83 bits per heavy atom. The van der Waals surface area contributed by atoms with E-state index in [0.29, 0.717) is 25.1 Å². The molecule has 5 nitrogen and oxygen atoms in total. The van der Waals surface area contributed by atoms with Gasteiger partial charge < -0.3 is 5.11 Å². The molecule has 1 N–H and O–H groups in total. The topological polar surface area (TPSA) is 64.2 Å². The second-order valence-corrected chi connectivity index (χ2v) is 7.00. The summed E-state index contributed by atoms with van der Waals surface area (Å²) in [7, 11) is 0. The summed E-state index contributed by atoms with van der Waals surface area (Å²) in [5.41, 5.74) is 3.80. The minimum atomic E-state index is -0.942. The first-order chi connectivity index (χ1) is 14.0. The molecule has 0 saturated carbocycles. The van der Waals surface area contributed by atoms with Crippen LogP contribution in [-0.2, 0) is 19.5 Å². The van der Waals surface area contributed by atoms with Gasteiger partial charge in [-0.2, -0.15) is 0 Å². The first-order valence-electron chi connectivity index (χ1n) is 9.86. The number of nitrogens with zero attached hydrogens (tertiary/aromatic N) is 2. The van der Waals surface area contributed by atoms with E-state index in [1.54, 1.807) is 16.7 Å². The van der Waals surface area contributed by atoms with Crippen molar-refractivity contribution in [3.63, 3.8) is 0 Å². The summed E-state index contributed by atoms with van der Waals surface area (Å²) >= 11 is 0. The molecule has 29 heavy (non-hydrogen) atoms. The summed E-state index contributed by atoms with van der Waals surface area (Å²) < 4.78 is 3.59. The summed E-state index contributed by atoms with van der Waals surface area (Å²) in [5, 5.41) is 9.41. The minimum Gasteiger partial charge on any atom is -0.478 e. The molecule has 0 aliphatic heterocycles. The third-order valence-corrected chi connectivity index (χ3v) is 4.92. The second kappa shape index (κ2) is 9.24. The van der Waals surface area contributed by atoms with Gasteiger partial charge in [-0.15, -0.1) is 0 Å². The maximum absolute atomic E-state index is 12.8. The molecule has 150 valence electrons. The second-order valence-electron chi connectivity index (χ2n) is 7.00. The van der Waals surface area contributed by atoms with Crippen molar-refractivity contribution in [1.29, 1.82) is 0 Å². The van der Waals surface area contributed by atoms with E-state index in [4.69, 9.17) is 0 Å². The van der Waals surface area contributed by atoms with Crippen LogP contribution in [0.1, 0.15) is 41.9 Å². The summed E-state index contributed by atoms with van der Waals surface area (Å²) in [5.74, 6) is -0.942. The number of carbonyl (C=O) groups is 1. The molecular weight excluding hydrogens is 364 g/mol. The number of aromatic nitrogens is 2. The van der Waals surface area contributed by atoms with Crippen LogP contribution in [0, 0.1) is 0 Å². The highest BCUT2D eigenvalue weighted by Crippen LogP contribution is 2.24. The highest BCUT2D eigenvalue weighted by Gasteiger charge is 2.13. The van der Waals surface area contributed by atoms with Crippen LogP contribution in [0.2, 0.25) is 0 Å². The Kier molecular flexibility index (Phi) is 6.50. The molecule has 0 radical (unpaired) electrons. The van der Waals surface area contributed by atoms with Gasteiger partial charge in [0.1, 0.15) is 0 Å². The molecule has 2 aromatic carbocycles. The molecule has 0 unspecified atom stereocenters. The molecule has 0 saturated heterocycles. The van der Waals surface area contributed by atoms with Gasteiger partial charge in [0.15, 0.2) is 0 Å². The lowest BCUT2D eigenvalue weighted by atomic mass is 9.99. The van der Waals surface area contributed by atoms with Gasteiger partial charge in [-0.25, -0.2) is 9.59 Å². The van der Waals surface area contributed by atoms with Gasteiger partial charge in [0.05, 0.1) is 12.1 Å². The van der Waals surface area contributed by atoms with E-state index in [-0.39, 0.29) is 11.3 Å². The van der Waals surface area contributed by atoms with E-state index in [0.717, 1.165) is 23.2 Å². The SMILES string of the molecule is C/C=C/Cc1cn(CCC)c(=O)n1Cc1ccc(-c2ccccc2C(=O)O)cc1. The molecule has 0 bridgehead atoms. The lowest BCUT2D eigenvalue weighted by Gasteiger charge is -2.09. The molecule has 3 rings (SSSR count). The van der Waals surface area contributed by atoms with Crippen molar-refractivity contribution in [3.8, 4) is 11.1 Å². The van der Waals surface area contributed by atoms with Crippen LogP contribution in [0.4, 0.5) is 0 Å². The third kappa shape index (κ3) is 4.57. The van der Waals surface area contributed by atoms with Gasteiger partial charge in [-0.05, 0) is 36.1 Å². The third-order valence-electron chi connectivity index (χ3n) is 4.92. The molecule has 1 aromatic heterocycles. The van der Waals surface area contributed by atoms with Gasteiger partial charge in [-0.1, -0.05) is 61.5 Å². The van der Waals surface area contributed by atoms with Crippen LogP contribution < -0.4 is 5.69 Å². The maximum Gasteiger partial charge on any atom is 0.336 e. The van der Waals surface area contributed by atoms with Crippen molar-refractivity contribution in [2.24, 2.45) is 0 Å². The quantitative estimate of drug-likeness (QED) is 0.572. The molecule has 0 amide bonds. The number of aryl methyl sites for hydroxylation is 1. The summed E-state index contributed by atoms with van der Waals surface area (Å²) in [6, 6.07) is 14.7. The molecule has 0 spiro atoms. The van der Waals surface area contributed by atoms with Gasteiger partial charge in [0, 0.05) is 24.9 Å². The zero-order chi connectivity index (χ0) is 20.8. The van der Waals surface area contributed by atoms with Crippen LogP contribution in [0.5, 0.6) is 0 Å². The smallest absolute Gasteiger partial charge is 0.336 e. The predicted molar refractivity (Wildman–Crippen MR) is 115 cm³/mol. The highest BCUT2D eigenvalue weighted by molar-refractivity contribution is 5.95. The Bertz CT molecular complexity index is 1070. The predicted octanol–water partition coefficient (Wildman–Crippen LogP) is 4.59. The van der Waals surface area contributed by atoms with Crippen LogP contribution >= 0.6 is 0 Å². The number of rotatable bonds is 8. The Hall–Kier alpha value is -3.34. The number of carboxylic acid groups (broad SMARTS) is 1. The Balaban J connectivity index is 1.91. The number of allylic oxidation sites excluding steroid dienone is 2. The largest absolute Gasteiger partial charge is 0.478 e. The standard InChI is InChI=1S/C24H26N2O3/c1-3-5-8-20-17-25(15-4-2)24(29)26(20)16-18-11-13-19(14-12-18)21-9-6-7-10-22(21)23(27)28/h3,5-7,9-14,17H,4,8,15-16H2,1-2H3,(H,27,28)/b5-3+. The number of benzene rings is 2. The fourth-order valence-corrected chi connectivity index (χ4v) is 3.45. The summed E-state index contributed by atoms with van der Waals surface area (Å²) in [4.78, 5) is 24.3. The fraction of sp³-hybridized carbons (Fsp3) is 0.250. The van der Waals surface area contributed by atoms with Crippen molar-refractivity contribution in [1.82, 2.24) is 9.13 Å². The molecule has 0 atom stereocenters. The van der Waals surface area contributed by atoms with Crippen LogP contribution in [-0.4, -0.2) is 20.2 Å². The number of hydrogen-bond acceptors (Lipinski definition) is 2. The van der Waals surface area contributed by atoms with E-state index >= 15 is 0 Å². The average molecular weight is 390 g/mol. The first kappa shape index (κ1) is 20.4. The number of carboxylic acids is 1. The Morgan fingerprint density at radius 1 is 1.10 bits per heavy atom. The Labute approximate surface area is 170 Å². The van der Waals surface area contributed by atoms with Crippen molar-refractivity contribution < 1.29 is 9.90 Å². The van der Waals surface area contributed by atoms with Gasteiger partial charge >= 0.3 is 11.7 Å². The molecule has 3 aromatic rings. The molecule has 0 aliphatic rings. The van der Waals surface area contributed by atoms with Gasteiger partial charge in [0.25, 0.3) is 0 Å². The van der Waals surface area contributed by atoms with E-state index in [1.807, 2.05) is 66.2 Å². The van der Waals surface area contributed by atoms with E-state index in [9.17, 15) is 14.7 Å². The minimum absolute atomic E-state index is 0.00616. The molecule has 5 heteroatoms. The van der Waals surface area contributed by atoms with Gasteiger partial charge in [-0.3, -0.25) is 9.13 Å². The zero-order valence-corrected chi connectivity index (χ0v) is 16.8. The highest BCUT2D eigenvalue weighted by atomic mass is 16.4. The molecular formula is C24H26N2O3. The van der Waals surface area contributed by atoms with Crippen LogP contribution in [0.25, 0.3) is 11.1 Å². The van der Waals surface area contributed by atoms with Crippen molar-refractivity contribution in [2.45, 2.75) is 39.8 Å². The van der Waals surface area contributed by atoms with Crippen molar-refractivity contribution >= 4 is 5.97 Å². The molecule has 0 aliphatic carbocycles. The molecule has 0 fully saturated rings. The zero-order valence-electron chi connectivity index (χ0n) is 16.8. The van der Waals surface area contributed by atoms with E-state index in [2.05, 4.69) is 6.92 Å². The summed E-state index contributed by atoms with van der Waals surface area (Å²) in [6.07, 6.45) is 7.61. The number of hydrogen-bond donors (Lipinski definition) is 1. The fourth-order valence-electron chi connectivity index (χ4n) is 3.45. The first-order valence-corrected chi connectivity index (χ1v) is 9.86. The van der Waals surface area contributed by atoms with Crippen molar-refractivity contribution in [2.75, 3.05) is 0 Å². The number of aromatic carboxylic acids is 1. The van der Waals surface area contributed by atoms with Crippen molar-refractivity contribution in [3.05, 3.63) is 94.2 Å². The van der Waals surface area contributed by atoms with Crippen LogP contribution in [0.15, 0.2) is 71.7 Å². The van der Waals surface area contributed by atoms with E-state index < -0.39 is 5.97 Å². The average Bonchev–Trinajstić information content (AvgIpc) is 3.02. The normalized spacial score (nSPS) is 11.2. The Morgan fingerprint density at radius 3 is 2.48 bits per heavy atom. The van der Waals surface area contributed by atoms with E-state index in [1.165, 1.54) is 0 Å².